The van der Waals surface area contributed by atoms with Crippen LogP contribution in [0, 0.1) is 17.8 Å². The minimum Gasteiger partial charge on any atom is -0.465 e. The minimum absolute atomic E-state index is 0.0236. The summed E-state index contributed by atoms with van der Waals surface area (Å²) in [4.78, 5) is 46.3. The lowest BCUT2D eigenvalue weighted by molar-refractivity contribution is -0.156. The summed E-state index contributed by atoms with van der Waals surface area (Å²) in [5.41, 5.74) is 0.988. The molecule has 41 heavy (non-hydrogen) atoms. The van der Waals surface area contributed by atoms with E-state index < -0.39 is 33.4 Å². The van der Waals surface area contributed by atoms with Gasteiger partial charge in [0.2, 0.25) is 11.8 Å². The second kappa shape index (κ2) is 13.2. The van der Waals surface area contributed by atoms with Gasteiger partial charge < -0.3 is 19.6 Å². The van der Waals surface area contributed by atoms with Crippen LogP contribution in [0.4, 0.5) is 0 Å². The third-order valence-corrected chi connectivity index (χ3v) is 11.5. The molecule has 224 valence electrons. The Morgan fingerprint density at radius 2 is 1.95 bits per heavy atom. The van der Waals surface area contributed by atoms with Gasteiger partial charge in [-0.2, -0.15) is 0 Å². The number of aliphatic hydroxyl groups excluding tert-OH is 1. The number of esters is 1. The highest BCUT2D eigenvalue weighted by atomic mass is 32.2. The second-order valence-corrected chi connectivity index (χ2v) is 14.0. The molecular weight excluding hydrogens is 536 g/mol. The molecule has 3 saturated heterocycles. The van der Waals surface area contributed by atoms with Crippen molar-refractivity contribution in [2.24, 2.45) is 17.8 Å². The van der Waals surface area contributed by atoms with E-state index in [1.165, 1.54) is 0 Å². The van der Waals surface area contributed by atoms with Gasteiger partial charge in [-0.1, -0.05) is 62.8 Å². The summed E-state index contributed by atoms with van der Waals surface area (Å²) in [6.45, 7) is 14.5. The molecule has 0 aromatic heterocycles. The quantitative estimate of drug-likeness (QED) is 0.178. The number of nitrogens with zero attached hydrogens (tertiary/aromatic N) is 2. The van der Waals surface area contributed by atoms with Crippen molar-refractivity contribution in [3.63, 3.8) is 0 Å². The molecule has 7 atom stereocenters. The van der Waals surface area contributed by atoms with Crippen LogP contribution >= 0.6 is 11.8 Å². The zero-order valence-corrected chi connectivity index (χ0v) is 25.6. The lowest BCUT2D eigenvalue weighted by atomic mass is 9.66. The maximum Gasteiger partial charge on any atom is 0.311 e. The van der Waals surface area contributed by atoms with Crippen molar-refractivity contribution in [1.29, 1.82) is 0 Å². The van der Waals surface area contributed by atoms with Crippen molar-refractivity contribution >= 4 is 29.5 Å². The number of hydrogen-bond donors (Lipinski definition) is 1. The Balaban J connectivity index is 1.73. The van der Waals surface area contributed by atoms with E-state index in [0.717, 1.165) is 37.7 Å². The summed E-state index contributed by atoms with van der Waals surface area (Å²) in [5.74, 6) is -2.02. The Morgan fingerprint density at radius 1 is 1.22 bits per heavy atom. The number of rotatable bonds is 15. The fourth-order valence-electron chi connectivity index (χ4n) is 7.19. The summed E-state index contributed by atoms with van der Waals surface area (Å²) >= 11 is 1.64. The first-order chi connectivity index (χ1) is 19.7. The molecular formula is C33H46N2O5S. The Kier molecular flexibility index (Phi) is 10.1. The number of hydrogen-bond acceptors (Lipinski definition) is 6. The van der Waals surface area contributed by atoms with Crippen LogP contribution in [0.15, 0.2) is 55.6 Å². The smallest absolute Gasteiger partial charge is 0.311 e. The molecule has 2 bridgehead atoms. The fraction of sp³-hybridized carbons (Fsp3) is 0.606. The first-order valence-corrected chi connectivity index (χ1v) is 15.8. The minimum atomic E-state index is -0.785. The third-order valence-electron chi connectivity index (χ3n) is 9.47. The predicted molar refractivity (Wildman–Crippen MR) is 163 cm³/mol. The molecule has 8 heteroatoms. The zero-order valence-electron chi connectivity index (χ0n) is 24.8. The van der Waals surface area contributed by atoms with Crippen molar-refractivity contribution < 1.29 is 24.2 Å². The molecule has 0 saturated carbocycles. The molecule has 4 rings (SSSR count). The number of thioether (sulfide) groups is 1. The Labute approximate surface area is 249 Å². The van der Waals surface area contributed by atoms with Crippen molar-refractivity contribution in [3.05, 3.63) is 61.2 Å². The number of allylic oxidation sites excluding steroid dienone is 1. The summed E-state index contributed by atoms with van der Waals surface area (Å²) in [5, 5.41) is 10.6. The van der Waals surface area contributed by atoms with Crippen LogP contribution in [0.25, 0.3) is 0 Å². The first-order valence-electron chi connectivity index (χ1n) is 15.0. The van der Waals surface area contributed by atoms with Crippen LogP contribution in [0.3, 0.4) is 0 Å². The number of amides is 2. The van der Waals surface area contributed by atoms with Gasteiger partial charge in [-0.15, -0.1) is 24.9 Å². The van der Waals surface area contributed by atoms with E-state index in [-0.39, 0.29) is 30.3 Å². The molecule has 7 nitrogen and oxygen atoms in total. The maximum absolute atomic E-state index is 14.7. The fourth-order valence-corrected chi connectivity index (χ4v) is 9.52. The molecule has 3 aliphatic heterocycles. The number of benzene rings is 1. The predicted octanol–water partition coefficient (Wildman–Crippen LogP) is 4.99. The topological polar surface area (TPSA) is 87.1 Å². The van der Waals surface area contributed by atoms with Gasteiger partial charge >= 0.3 is 5.97 Å². The van der Waals surface area contributed by atoms with Gasteiger partial charge in [-0.3, -0.25) is 14.4 Å². The molecule has 1 aromatic rings. The summed E-state index contributed by atoms with van der Waals surface area (Å²) in [6, 6.07) is 8.48. The van der Waals surface area contributed by atoms with Crippen LogP contribution in [0.2, 0.25) is 0 Å². The Bertz CT molecular complexity index is 1130. The van der Waals surface area contributed by atoms with Gasteiger partial charge in [0.1, 0.15) is 6.04 Å². The molecule has 3 aliphatic rings. The van der Waals surface area contributed by atoms with E-state index in [1.54, 1.807) is 27.6 Å². The van der Waals surface area contributed by atoms with Gasteiger partial charge in [0, 0.05) is 17.8 Å². The monoisotopic (exact) mass is 582 g/mol. The Morgan fingerprint density at radius 3 is 2.59 bits per heavy atom. The van der Waals surface area contributed by atoms with Gasteiger partial charge in [0.25, 0.3) is 0 Å². The van der Waals surface area contributed by atoms with E-state index in [4.69, 9.17) is 4.74 Å². The number of likely N-dealkylation sites (tertiary alicyclic amines) is 1. The van der Waals surface area contributed by atoms with Crippen molar-refractivity contribution in [3.8, 4) is 0 Å². The molecule has 2 amide bonds. The van der Waals surface area contributed by atoms with Gasteiger partial charge in [-0.05, 0) is 50.5 Å². The average molecular weight is 583 g/mol. The maximum atomic E-state index is 14.7. The average Bonchev–Trinajstić information content (AvgIpc) is 3.54. The van der Waals surface area contributed by atoms with Gasteiger partial charge in [0.05, 0.1) is 35.8 Å². The number of aliphatic hydroxyl groups is 1. The number of fused-ring (bicyclic) bond motifs is 1. The zero-order chi connectivity index (χ0) is 29.8. The SMILES string of the molecule is C=CCCCCOC(=O)[C@H]1[C@H]2C(=O)N([C@@H](CO)[C@@H](C)CC)C(C(=O)N(CC=C)Cc3ccccc3)C23CC[C@]1(C)S3. The van der Waals surface area contributed by atoms with E-state index in [1.807, 2.05) is 50.3 Å². The first kappa shape index (κ1) is 31.4. The van der Waals surface area contributed by atoms with Crippen molar-refractivity contribution in [1.82, 2.24) is 9.80 Å². The van der Waals surface area contributed by atoms with Gasteiger partial charge in [-0.25, -0.2) is 0 Å². The molecule has 0 aliphatic carbocycles. The highest BCUT2D eigenvalue weighted by molar-refractivity contribution is 8.02. The largest absolute Gasteiger partial charge is 0.465 e. The van der Waals surface area contributed by atoms with E-state index >= 15 is 0 Å². The molecule has 2 unspecified atom stereocenters. The summed E-state index contributed by atoms with van der Waals surface area (Å²) in [6.07, 6.45) is 8.18. The molecule has 1 N–H and O–H groups in total. The summed E-state index contributed by atoms with van der Waals surface area (Å²) in [7, 11) is 0. The highest BCUT2D eigenvalue weighted by Gasteiger charge is 2.78. The highest BCUT2D eigenvalue weighted by Crippen LogP contribution is 2.72. The van der Waals surface area contributed by atoms with Crippen LogP contribution in [0.1, 0.15) is 64.9 Å². The van der Waals surface area contributed by atoms with Crippen molar-refractivity contribution in [2.45, 2.75) is 87.4 Å². The molecule has 1 spiro atoms. The number of carbonyl (C=O) groups is 3. The van der Waals surface area contributed by atoms with Crippen LogP contribution in [-0.4, -0.2) is 74.0 Å². The standard InChI is InChI=1S/C33H46N2O5S/c1-6-9-10-14-20-40-31(39)27-26-29(37)35(25(22-36)23(4)8-3)28(33(26)18-17-32(27,5)41-33)30(38)34(19-7-2)21-24-15-12-11-13-16-24/h6-7,11-13,15-16,23,25-28,36H,1-2,8-10,14,17-22H2,3-5H3/t23-,25-,26-,27+,28?,32-,33?/m0/s1. The number of carbonyl (C=O) groups excluding carboxylic acids is 3. The normalized spacial score (nSPS) is 29.6. The van der Waals surface area contributed by atoms with E-state index in [0.29, 0.717) is 26.1 Å². The number of unbranched alkanes of at least 4 members (excludes halogenated alkanes) is 2. The molecule has 1 aromatic carbocycles. The third kappa shape index (κ3) is 5.74. The molecule has 0 radical (unpaired) electrons. The number of ether oxygens (including phenoxy) is 1. The lowest BCUT2D eigenvalue weighted by Gasteiger charge is -2.41. The lowest BCUT2D eigenvalue weighted by Crippen LogP contribution is -2.58. The molecule has 3 heterocycles. The summed E-state index contributed by atoms with van der Waals surface area (Å²) < 4.78 is 4.53. The van der Waals surface area contributed by atoms with Gasteiger partial charge in [0.15, 0.2) is 0 Å². The Hall–Kier alpha value is -2.58. The van der Waals surface area contributed by atoms with E-state index in [9.17, 15) is 19.5 Å². The molecule has 3 fully saturated rings. The van der Waals surface area contributed by atoms with Crippen LogP contribution < -0.4 is 0 Å². The second-order valence-electron chi connectivity index (χ2n) is 12.1. The van der Waals surface area contributed by atoms with E-state index in [2.05, 4.69) is 20.1 Å². The van der Waals surface area contributed by atoms with Crippen LogP contribution in [-0.2, 0) is 25.7 Å². The van der Waals surface area contributed by atoms with Crippen LogP contribution in [0.5, 0.6) is 0 Å². The van der Waals surface area contributed by atoms with Crippen molar-refractivity contribution in [2.75, 3.05) is 19.8 Å².